The van der Waals surface area contributed by atoms with E-state index in [1.807, 2.05) is 0 Å². The van der Waals surface area contributed by atoms with E-state index < -0.39 is 35.2 Å². The van der Waals surface area contributed by atoms with Gasteiger partial charge in [0.1, 0.15) is 0 Å². The third-order valence-electron chi connectivity index (χ3n) is 5.12. The summed E-state index contributed by atoms with van der Waals surface area (Å²) in [6.45, 7) is 17.0. The Morgan fingerprint density at radius 1 is 0.406 bits per heavy atom. The molecule has 1 aliphatic rings. The first kappa shape index (κ1) is 30.6. The smallest absolute Gasteiger partial charge is 0.378 e. The van der Waals surface area contributed by atoms with Crippen LogP contribution in [0.3, 0.4) is 0 Å². The van der Waals surface area contributed by atoms with Crippen molar-refractivity contribution in [3.8, 4) is 0 Å². The maximum atomic E-state index is 6.88. The van der Waals surface area contributed by atoms with Crippen LogP contribution < -0.4 is 0 Å². The standard InChI is InChI=1S/C20H48O8Si4/c1-17(2)13-29(21-9)25-30(22-10,14-18(3)4)27-32(24-12,16-20(7)8)28-31(23-11,26-29)15-19(5)6/h17-20H,13-16H2,1-12H3. The minimum Gasteiger partial charge on any atom is -0.378 e. The summed E-state index contributed by atoms with van der Waals surface area (Å²) in [4.78, 5) is 0. The van der Waals surface area contributed by atoms with Gasteiger partial charge < -0.3 is 34.2 Å². The Balaban J connectivity index is 3.74. The molecule has 0 spiro atoms. The van der Waals surface area contributed by atoms with Gasteiger partial charge in [-0.15, -0.1) is 0 Å². The molecule has 0 saturated carbocycles. The molecule has 32 heavy (non-hydrogen) atoms. The Morgan fingerprint density at radius 3 is 0.656 bits per heavy atom. The van der Waals surface area contributed by atoms with Crippen molar-refractivity contribution in [3.05, 3.63) is 0 Å². The number of rotatable bonds is 12. The van der Waals surface area contributed by atoms with E-state index in [0.717, 1.165) is 0 Å². The number of hydrogen-bond donors (Lipinski definition) is 0. The van der Waals surface area contributed by atoms with Crippen LogP contribution >= 0.6 is 0 Å². The van der Waals surface area contributed by atoms with Crippen molar-refractivity contribution >= 4 is 35.2 Å². The molecule has 12 heteroatoms. The fourth-order valence-electron chi connectivity index (χ4n) is 4.03. The molecular formula is C20H48O8Si4. The normalized spacial score (nSPS) is 34.5. The van der Waals surface area contributed by atoms with E-state index in [9.17, 15) is 0 Å². The molecule has 1 fully saturated rings. The van der Waals surface area contributed by atoms with E-state index in [2.05, 4.69) is 55.4 Å². The Morgan fingerprint density at radius 2 is 0.562 bits per heavy atom. The van der Waals surface area contributed by atoms with Gasteiger partial charge in [-0.1, -0.05) is 55.4 Å². The van der Waals surface area contributed by atoms with Crippen molar-refractivity contribution in [1.82, 2.24) is 0 Å². The van der Waals surface area contributed by atoms with Gasteiger partial charge in [0, 0.05) is 52.6 Å². The Hall–Kier alpha value is 0.548. The Bertz CT molecular complexity index is 458. The highest BCUT2D eigenvalue weighted by molar-refractivity contribution is 6.89. The second-order valence-electron chi connectivity index (χ2n) is 10.3. The van der Waals surface area contributed by atoms with Gasteiger partial charge in [-0.05, 0) is 23.7 Å². The molecule has 1 heterocycles. The van der Waals surface area contributed by atoms with Crippen molar-refractivity contribution in [3.63, 3.8) is 0 Å². The van der Waals surface area contributed by atoms with E-state index in [4.69, 9.17) is 34.2 Å². The van der Waals surface area contributed by atoms with Crippen molar-refractivity contribution in [1.29, 1.82) is 0 Å². The van der Waals surface area contributed by atoms with Crippen LogP contribution in [-0.4, -0.2) is 63.7 Å². The molecule has 0 radical (unpaired) electrons. The quantitative estimate of drug-likeness (QED) is 0.327. The van der Waals surface area contributed by atoms with Crippen molar-refractivity contribution < 1.29 is 34.2 Å². The summed E-state index contributed by atoms with van der Waals surface area (Å²) in [5.74, 6) is 1.13. The van der Waals surface area contributed by atoms with Crippen molar-refractivity contribution in [2.24, 2.45) is 23.7 Å². The summed E-state index contributed by atoms with van der Waals surface area (Å²) in [6, 6.07) is 2.48. The molecule has 1 rings (SSSR count). The molecule has 0 bridgehead atoms. The van der Waals surface area contributed by atoms with E-state index >= 15 is 0 Å². The van der Waals surface area contributed by atoms with Gasteiger partial charge in [0.25, 0.3) is 0 Å². The van der Waals surface area contributed by atoms with E-state index in [1.54, 1.807) is 28.4 Å². The monoisotopic (exact) mass is 528 g/mol. The molecule has 0 atom stereocenters. The summed E-state index contributed by atoms with van der Waals surface area (Å²) in [5.41, 5.74) is 0. The molecule has 192 valence electrons. The highest BCUT2D eigenvalue weighted by Crippen LogP contribution is 2.41. The van der Waals surface area contributed by atoms with Crippen LogP contribution in [0.15, 0.2) is 0 Å². The van der Waals surface area contributed by atoms with E-state index in [0.29, 0.717) is 24.2 Å². The lowest BCUT2D eigenvalue weighted by atomic mass is 10.3. The zero-order valence-electron chi connectivity index (χ0n) is 22.4. The molecule has 0 N–H and O–H groups in total. The fourth-order valence-corrected chi connectivity index (χ4v) is 23.8. The van der Waals surface area contributed by atoms with Crippen LogP contribution in [0.25, 0.3) is 0 Å². The summed E-state index contributed by atoms with van der Waals surface area (Å²) >= 11 is 0. The molecule has 0 unspecified atom stereocenters. The zero-order chi connectivity index (χ0) is 24.8. The lowest BCUT2D eigenvalue weighted by Crippen LogP contribution is -2.73. The van der Waals surface area contributed by atoms with Crippen LogP contribution in [-0.2, 0) is 34.2 Å². The molecule has 0 aliphatic carbocycles. The Labute approximate surface area is 201 Å². The van der Waals surface area contributed by atoms with Gasteiger partial charge in [-0.3, -0.25) is 0 Å². The predicted octanol–water partition coefficient (Wildman–Crippen LogP) is 5.03. The minimum absolute atomic E-state index is 0.284. The Kier molecular flexibility index (Phi) is 11.9. The largest absolute Gasteiger partial charge is 0.486 e. The SMILES string of the molecule is CO[Si]1(CC(C)C)O[Si](CC(C)C)(OC)O[Si](CC(C)C)(OC)O[Si](CC(C)C)(OC)O1. The summed E-state index contributed by atoms with van der Waals surface area (Å²) in [5, 5.41) is 0. The van der Waals surface area contributed by atoms with Crippen LogP contribution in [0.2, 0.25) is 24.2 Å². The first-order valence-corrected chi connectivity index (χ1v) is 19.5. The summed E-state index contributed by atoms with van der Waals surface area (Å²) in [6.07, 6.45) is 0. The predicted molar refractivity (Wildman–Crippen MR) is 134 cm³/mol. The second kappa shape index (κ2) is 12.5. The minimum atomic E-state index is -3.27. The molecule has 1 saturated heterocycles. The number of hydrogen-bond acceptors (Lipinski definition) is 8. The highest BCUT2D eigenvalue weighted by Gasteiger charge is 2.67. The third-order valence-corrected chi connectivity index (χ3v) is 22.8. The fraction of sp³-hybridized carbons (Fsp3) is 1.00. The highest BCUT2D eigenvalue weighted by atomic mass is 28.6. The average Bonchev–Trinajstić information content (AvgIpc) is 2.64. The molecule has 0 aromatic rings. The van der Waals surface area contributed by atoms with Crippen molar-refractivity contribution in [2.75, 3.05) is 28.4 Å². The van der Waals surface area contributed by atoms with Crippen LogP contribution in [0, 0.1) is 23.7 Å². The van der Waals surface area contributed by atoms with E-state index in [1.165, 1.54) is 0 Å². The molecule has 8 nitrogen and oxygen atoms in total. The zero-order valence-corrected chi connectivity index (χ0v) is 26.4. The van der Waals surface area contributed by atoms with Gasteiger partial charge in [-0.2, -0.15) is 0 Å². The topological polar surface area (TPSA) is 73.8 Å². The van der Waals surface area contributed by atoms with Gasteiger partial charge >= 0.3 is 35.2 Å². The maximum absolute atomic E-state index is 6.88. The lowest BCUT2D eigenvalue weighted by Gasteiger charge is -2.50. The lowest BCUT2D eigenvalue weighted by molar-refractivity contribution is 0.0318. The van der Waals surface area contributed by atoms with Gasteiger partial charge in [0.2, 0.25) is 0 Å². The van der Waals surface area contributed by atoms with Gasteiger partial charge in [-0.25, -0.2) is 0 Å². The maximum Gasteiger partial charge on any atom is 0.486 e. The first-order chi connectivity index (χ1) is 14.7. The molecule has 0 aromatic heterocycles. The van der Waals surface area contributed by atoms with Gasteiger partial charge in [0.15, 0.2) is 0 Å². The van der Waals surface area contributed by atoms with Crippen LogP contribution in [0.1, 0.15) is 55.4 Å². The molecular weight excluding hydrogens is 481 g/mol. The van der Waals surface area contributed by atoms with Crippen LogP contribution in [0.5, 0.6) is 0 Å². The van der Waals surface area contributed by atoms with Crippen molar-refractivity contribution in [2.45, 2.75) is 79.6 Å². The molecule has 1 aliphatic heterocycles. The van der Waals surface area contributed by atoms with Gasteiger partial charge in [0.05, 0.1) is 0 Å². The first-order valence-electron chi connectivity index (χ1n) is 11.7. The second-order valence-corrected chi connectivity index (χ2v) is 22.3. The average molecular weight is 529 g/mol. The summed E-state index contributed by atoms with van der Waals surface area (Å²) < 4.78 is 51.9. The summed E-state index contributed by atoms with van der Waals surface area (Å²) in [7, 11) is -6.49. The molecule has 0 aromatic carbocycles. The molecule has 0 amide bonds. The van der Waals surface area contributed by atoms with E-state index in [-0.39, 0.29) is 23.7 Å². The van der Waals surface area contributed by atoms with Crippen LogP contribution in [0.4, 0.5) is 0 Å². The third kappa shape index (κ3) is 8.34.